The van der Waals surface area contributed by atoms with E-state index in [2.05, 4.69) is 11.6 Å². The van der Waals surface area contributed by atoms with Crippen LogP contribution in [0.2, 0.25) is 0 Å². The van der Waals surface area contributed by atoms with Crippen molar-refractivity contribution in [2.24, 2.45) is 0 Å². The minimum absolute atomic E-state index is 0.108. The molecule has 0 radical (unpaired) electrons. The number of hydrogen-bond donors (Lipinski definition) is 1. The molecule has 0 amide bonds. The predicted octanol–water partition coefficient (Wildman–Crippen LogP) is 0.592. The van der Waals surface area contributed by atoms with Crippen molar-refractivity contribution in [2.45, 2.75) is 19.9 Å². The lowest BCUT2D eigenvalue weighted by molar-refractivity contribution is 0.609. The molecule has 4 heteroatoms. The molecule has 0 bridgehead atoms. The molecule has 0 fully saturated rings. The summed E-state index contributed by atoms with van der Waals surface area (Å²) in [4.78, 5) is 24.5. The summed E-state index contributed by atoms with van der Waals surface area (Å²) in [5.74, 6) is 0. The van der Waals surface area contributed by atoms with Crippen LogP contribution >= 0.6 is 0 Å². The number of rotatable bonds is 2. The molecule has 0 spiro atoms. The Morgan fingerprint density at radius 3 is 2.77 bits per heavy atom. The average molecular weight is 180 g/mol. The molecule has 13 heavy (non-hydrogen) atoms. The third kappa shape index (κ3) is 1.77. The summed E-state index contributed by atoms with van der Waals surface area (Å²) in [7, 11) is 0. The molecular weight excluding hydrogens is 168 g/mol. The van der Waals surface area contributed by atoms with Crippen LogP contribution in [0.3, 0.4) is 0 Å². The second kappa shape index (κ2) is 3.43. The summed E-state index contributed by atoms with van der Waals surface area (Å²) >= 11 is 0. The number of nitrogens with one attached hydrogen (secondary N) is 1. The van der Waals surface area contributed by atoms with Crippen LogP contribution in [0.5, 0.6) is 0 Å². The summed E-state index contributed by atoms with van der Waals surface area (Å²) in [5, 5.41) is 0. The fourth-order valence-electron chi connectivity index (χ4n) is 1.00. The number of H-pyrrole nitrogens is 1. The molecule has 1 heterocycles. The van der Waals surface area contributed by atoms with Gasteiger partial charge in [0.2, 0.25) is 0 Å². The fraction of sp³-hybridized carbons (Fsp3) is 0.333. The highest BCUT2D eigenvalue weighted by molar-refractivity contribution is 5.02. The monoisotopic (exact) mass is 180 g/mol. The first-order valence-electron chi connectivity index (χ1n) is 4.01. The second-order valence-corrected chi connectivity index (χ2v) is 2.95. The summed E-state index contributed by atoms with van der Waals surface area (Å²) in [5.41, 5.74) is -0.214. The van der Waals surface area contributed by atoms with Gasteiger partial charge in [0.1, 0.15) is 0 Å². The Morgan fingerprint density at radius 2 is 2.23 bits per heavy atom. The van der Waals surface area contributed by atoms with Gasteiger partial charge in [-0.25, -0.2) is 4.79 Å². The van der Waals surface area contributed by atoms with Gasteiger partial charge in [-0.15, -0.1) is 6.58 Å². The van der Waals surface area contributed by atoms with Gasteiger partial charge < -0.3 is 0 Å². The van der Waals surface area contributed by atoms with Crippen molar-refractivity contribution in [3.05, 3.63) is 45.3 Å². The lowest BCUT2D eigenvalue weighted by Gasteiger charge is -2.09. The van der Waals surface area contributed by atoms with E-state index in [0.717, 1.165) is 0 Å². The maximum atomic E-state index is 11.3. The molecule has 1 aromatic rings. The van der Waals surface area contributed by atoms with Crippen molar-refractivity contribution in [1.29, 1.82) is 0 Å². The molecule has 1 aromatic heterocycles. The standard InChI is InChI=1S/C9H12N2O2/c1-4-7(3)11-5-6(2)8(12)10-9(11)13/h4-5,7H,1H2,2-3H3,(H,10,12,13). The number of aromatic amines is 1. The quantitative estimate of drug-likeness (QED) is 0.677. The maximum absolute atomic E-state index is 11.3. The lowest BCUT2D eigenvalue weighted by Crippen LogP contribution is -2.31. The highest BCUT2D eigenvalue weighted by Crippen LogP contribution is 2.00. The van der Waals surface area contributed by atoms with E-state index < -0.39 is 5.69 Å². The van der Waals surface area contributed by atoms with Crippen LogP contribution in [0.4, 0.5) is 0 Å². The molecule has 0 aliphatic carbocycles. The molecule has 0 aliphatic heterocycles. The van der Waals surface area contributed by atoms with E-state index in [4.69, 9.17) is 0 Å². The van der Waals surface area contributed by atoms with Crippen molar-refractivity contribution in [3.8, 4) is 0 Å². The Morgan fingerprint density at radius 1 is 1.62 bits per heavy atom. The molecule has 1 atom stereocenters. The molecule has 0 aromatic carbocycles. The second-order valence-electron chi connectivity index (χ2n) is 2.95. The third-order valence-electron chi connectivity index (χ3n) is 1.93. The molecule has 0 saturated carbocycles. The minimum Gasteiger partial charge on any atom is -0.294 e. The number of nitrogens with zero attached hydrogens (tertiary/aromatic N) is 1. The zero-order valence-corrected chi connectivity index (χ0v) is 7.70. The zero-order valence-electron chi connectivity index (χ0n) is 7.70. The normalized spacial score (nSPS) is 12.5. The molecule has 1 N–H and O–H groups in total. The highest BCUT2D eigenvalue weighted by atomic mass is 16.2. The molecule has 70 valence electrons. The SMILES string of the molecule is C=CC(C)n1cc(C)c(=O)[nH]c1=O. The van der Waals surface area contributed by atoms with Crippen molar-refractivity contribution in [2.75, 3.05) is 0 Å². The van der Waals surface area contributed by atoms with E-state index in [1.54, 1.807) is 13.0 Å². The number of aromatic nitrogens is 2. The van der Waals surface area contributed by atoms with E-state index in [0.29, 0.717) is 5.56 Å². The molecule has 0 aliphatic rings. The van der Waals surface area contributed by atoms with Crippen LogP contribution in [-0.4, -0.2) is 9.55 Å². The summed E-state index contributed by atoms with van der Waals surface area (Å²) in [6.07, 6.45) is 3.17. The van der Waals surface area contributed by atoms with Crippen molar-refractivity contribution in [1.82, 2.24) is 9.55 Å². The molecule has 1 unspecified atom stereocenters. The van der Waals surface area contributed by atoms with Gasteiger partial charge in [-0.2, -0.15) is 0 Å². The van der Waals surface area contributed by atoms with Gasteiger partial charge in [-0.05, 0) is 13.8 Å². The summed E-state index contributed by atoms with van der Waals surface area (Å²) < 4.78 is 1.43. The smallest absolute Gasteiger partial charge is 0.294 e. The molecule has 1 rings (SSSR count). The van der Waals surface area contributed by atoms with Gasteiger partial charge in [0, 0.05) is 11.8 Å². The van der Waals surface area contributed by atoms with E-state index in [9.17, 15) is 9.59 Å². The maximum Gasteiger partial charge on any atom is 0.328 e. The van der Waals surface area contributed by atoms with Gasteiger partial charge >= 0.3 is 5.69 Å². The highest BCUT2D eigenvalue weighted by Gasteiger charge is 2.04. The lowest BCUT2D eigenvalue weighted by atomic mass is 10.3. The first kappa shape index (κ1) is 9.51. The van der Waals surface area contributed by atoms with Crippen LogP contribution < -0.4 is 11.2 Å². The Kier molecular flexibility index (Phi) is 2.51. The third-order valence-corrected chi connectivity index (χ3v) is 1.93. The minimum atomic E-state index is -0.400. The van der Waals surface area contributed by atoms with Crippen LogP contribution in [0.25, 0.3) is 0 Å². The van der Waals surface area contributed by atoms with Crippen molar-refractivity contribution < 1.29 is 0 Å². The van der Waals surface area contributed by atoms with Gasteiger partial charge in [-0.3, -0.25) is 14.3 Å². The van der Waals surface area contributed by atoms with Crippen LogP contribution in [-0.2, 0) is 0 Å². The molecular formula is C9H12N2O2. The zero-order chi connectivity index (χ0) is 10.0. The first-order chi connectivity index (χ1) is 6.06. The Labute approximate surface area is 75.5 Å². The number of aryl methyl sites for hydroxylation is 1. The van der Waals surface area contributed by atoms with Crippen molar-refractivity contribution in [3.63, 3.8) is 0 Å². The topological polar surface area (TPSA) is 54.9 Å². The van der Waals surface area contributed by atoms with E-state index in [1.807, 2.05) is 6.92 Å². The van der Waals surface area contributed by atoms with Crippen LogP contribution in [0.15, 0.2) is 28.4 Å². The molecule has 4 nitrogen and oxygen atoms in total. The fourth-order valence-corrected chi connectivity index (χ4v) is 1.00. The Bertz CT molecular complexity index is 428. The van der Waals surface area contributed by atoms with Gasteiger partial charge in [-0.1, -0.05) is 6.08 Å². The van der Waals surface area contributed by atoms with Gasteiger partial charge in [0.15, 0.2) is 0 Å². The van der Waals surface area contributed by atoms with Crippen LogP contribution in [0.1, 0.15) is 18.5 Å². The van der Waals surface area contributed by atoms with E-state index in [1.165, 1.54) is 10.8 Å². The Balaban J connectivity index is 3.40. The Hall–Kier alpha value is -1.58. The summed E-state index contributed by atoms with van der Waals surface area (Å²) in [6.45, 7) is 7.06. The number of allylic oxidation sites excluding steroid dienone is 1. The summed E-state index contributed by atoms with van der Waals surface area (Å²) in [6, 6.07) is -0.108. The van der Waals surface area contributed by atoms with Gasteiger partial charge in [0.25, 0.3) is 5.56 Å². The average Bonchev–Trinajstić information content (AvgIpc) is 2.10. The largest absolute Gasteiger partial charge is 0.328 e. The van der Waals surface area contributed by atoms with Crippen molar-refractivity contribution >= 4 is 0 Å². The number of hydrogen-bond acceptors (Lipinski definition) is 2. The molecule has 0 saturated heterocycles. The van der Waals surface area contributed by atoms with Crippen LogP contribution in [0, 0.1) is 6.92 Å². The van der Waals surface area contributed by atoms with E-state index in [-0.39, 0.29) is 11.6 Å². The van der Waals surface area contributed by atoms with Gasteiger partial charge in [0.05, 0.1) is 6.04 Å². The first-order valence-corrected chi connectivity index (χ1v) is 4.01. The van der Waals surface area contributed by atoms with E-state index >= 15 is 0 Å². The predicted molar refractivity (Wildman–Crippen MR) is 51.0 cm³/mol.